The largest absolute Gasteiger partial charge is 0.227 e. The van der Waals surface area contributed by atoms with Gasteiger partial charge in [0.15, 0.2) is 5.82 Å². The van der Waals surface area contributed by atoms with E-state index < -0.39 is 0 Å². The topological polar surface area (TPSA) is 25.8 Å². The molecule has 6 aromatic carbocycles. The maximum absolute atomic E-state index is 5.11. The van der Waals surface area contributed by atoms with Crippen LogP contribution in [0.1, 0.15) is 5.56 Å². The average molecular weight is 499 g/mol. The summed E-state index contributed by atoms with van der Waals surface area (Å²) in [6.07, 6.45) is 0. The fraction of sp³-hybridized carbons (Fsp3) is 0.0270. The molecule has 1 aromatic heterocycles. The zero-order valence-electron chi connectivity index (χ0n) is 21.7. The van der Waals surface area contributed by atoms with Crippen LogP contribution in [0.2, 0.25) is 0 Å². The van der Waals surface area contributed by atoms with E-state index in [9.17, 15) is 0 Å². The van der Waals surface area contributed by atoms with Crippen molar-refractivity contribution in [3.8, 4) is 44.9 Å². The van der Waals surface area contributed by atoms with Gasteiger partial charge in [0, 0.05) is 21.9 Å². The van der Waals surface area contributed by atoms with Gasteiger partial charge >= 0.3 is 0 Å². The van der Waals surface area contributed by atoms with Gasteiger partial charge in [-0.1, -0.05) is 133 Å². The van der Waals surface area contributed by atoms with E-state index in [1.165, 1.54) is 33.2 Å². The van der Waals surface area contributed by atoms with Crippen molar-refractivity contribution in [1.82, 2.24) is 9.97 Å². The van der Waals surface area contributed by atoms with Gasteiger partial charge in [-0.25, -0.2) is 9.97 Å². The van der Waals surface area contributed by atoms with Crippen LogP contribution in [0, 0.1) is 6.92 Å². The number of hydrogen-bond donors (Lipinski definition) is 0. The second-order valence-corrected chi connectivity index (χ2v) is 9.97. The Morgan fingerprint density at radius 1 is 0.410 bits per heavy atom. The molecule has 1 heterocycles. The van der Waals surface area contributed by atoms with Crippen molar-refractivity contribution in [3.05, 3.63) is 145 Å². The maximum Gasteiger partial charge on any atom is 0.160 e. The van der Waals surface area contributed by atoms with E-state index in [0.717, 1.165) is 38.9 Å². The minimum Gasteiger partial charge on any atom is -0.227 e. The van der Waals surface area contributed by atoms with Crippen LogP contribution < -0.4 is 0 Å². The molecule has 0 aliphatic rings. The Labute approximate surface area is 228 Å². The van der Waals surface area contributed by atoms with Gasteiger partial charge in [-0.3, -0.25) is 0 Å². The Balaban J connectivity index is 1.33. The normalized spacial score (nSPS) is 11.2. The predicted molar refractivity (Wildman–Crippen MR) is 164 cm³/mol. The van der Waals surface area contributed by atoms with Crippen LogP contribution >= 0.6 is 0 Å². The molecule has 2 nitrogen and oxygen atoms in total. The van der Waals surface area contributed by atoms with Gasteiger partial charge in [0.25, 0.3) is 0 Å². The molecule has 39 heavy (non-hydrogen) atoms. The number of rotatable bonds is 4. The SMILES string of the molecule is Cc1cccc(-c2cccc(-c3ccc(-c4nc(-c5ccccc5)c5ccc6ccccc6c5n4)cc3)c2)c1. The van der Waals surface area contributed by atoms with E-state index in [1.807, 2.05) is 6.07 Å². The molecule has 0 N–H and O–H groups in total. The van der Waals surface area contributed by atoms with E-state index in [0.29, 0.717) is 0 Å². The minimum absolute atomic E-state index is 0.734. The minimum atomic E-state index is 0.734. The maximum atomic E-state index is 5.11. The molecular weight excluding hydrogens is 472 g/mol. The van der Waals surface area contributed by atoms with Crippen molar-refractivity contribution in [2.75, 3.05) is 0 Å². The Hall–Kier alpha value is -5.08. The smallest absolute Gasteiger partial charge is 0.160 e. The summed E-state index contributed by atoms with van der Waals surface area (Å²) in [5.41, 5.74) is 10.1. The molecule has 0 amide bonds. The van der Waals surface area contributed by atoms with Gasteiger partial charge < -0.3 is 0 Å². The van der Waals surface area contributed by atoms with E-state index >= 15 is 0 Å². The summed E-state index contributed by atoms with van der Waals surface area (Å²) >= 11 is 0. The summed E-state index contributed by atoms with van der Waals surface area (Å²) in [7, 11) is 0. The van der Waals surface area contributed by atoms with Gasteiger partial charge in [-0.2, -0.15) is 0 Å². The van der Waals surface area contributed by atoms with Crippen LogP contribution in [0.15, 0.2) is 140 Å². The summed E-state index contributed by atoms with van der Waals surface area (Å²) < 4.78 is 0. The predicted octanol–water partition coefficient (Wildman–Crippen LogP) is 9.76. The number of hydrogen-bond acceptors (Lipinski definition) is 2. The first kappa shape index (κ1) is 23.1. The van der Waals surface area contributed by atoms with E-state index in [1.54, 1.807) is 0 Å². The fourth-order valence-electron chi connectivity index (χ4n) is 5.32. The van der Waals surface area contributed by atoms with Crippen molar-refractivity contribution >= 4 is 21.7 Å². The second kappa shape index (κ2) is 9.66. The van der Waals surface area contributed by atoms with Crippen molar-refractivity contribution in [2.45, 2.75) is 6.92 Å². The lowest BCUT2D eigenvalue weighted by atomic mass is 9.97. The molecule has 7 rings (SSSR count). The summed E-state index contributed by atoms with van der Waals surface area (Å²) in [6.45, 7) is 2.13. The summed E-state index contributed by atoms with van der Waals surface area (Å²) in [6, 6.07) is 49.1. The van der Waals surface area contributed by atoms with Crippen LogP contribution in [0.3, 0.4) is 0 Å². The van der Waals surface area contributed by atoms with Gasteiger partial charge in [0.1, 0.15) is 0 Å². The number of aryl methyl sites for hydroxylation is 1. The number of benzene rings is 6. The number of nitrogens with zero attached hydrogens (tertiary/aromatic N) is 2. The third kappa shape index (κ3) is 4.36. The molecule has 184 valence electrons. The van der Waals surface area contributed by atoms with Gasteiger partial charge in [-0.05, 0) is 46.7 Å². The molecule has 0 aliphatic heterocycles. The van der Waals surface area contributed by atoms with Gasteiger partial charge in [0.2, 0.25) is 0 Å². The van der Waals surface area contributed by atoms with Crippen LogP contribution in [-0.4, -0.2) is 9.97 Å². The molecule has 0 spiro atoms. The highest BCUT2D eigenvalue weighted by molar-refractivity contribution is 6.09. The first-order chi connectivity index (χ1) is 19.2. The first-order valence-corrected chi connectivity index (χ1v) is 13.3. The van der Waals surface area contributed by atoms with Crippen molar-refractivity contribution in [1.29, 1.82) is 0 Å². The van der Waals surface area contributed by atoms with E-state index in [-0.39, 0.29) is 0 Å². The molecule has 0 unspecified atom stereocenters. The van der Waals surface area contributed by atoms with E-state index in [2.05, 4.69) is 140 Å². The number of aromatic nitrogens is 2. The average Bonchev–Trinajstić information content (AvgIpc) is 3.01. The van der Waals surface area contributed by atoms with Crippen molar-refractivity contribution in [3.63, 3.8) is 0 Å². The molecule has 0 fully saturated rings. The lowest BCUT2D eigenvalue weighted by molar-refractivity contribution is 1.23. The third-order valence-electron chi connectivity index (χ3n) is 7.33. The Bertz CT molecular complexity index is 1960. The van der Waals surface area contributed by atoms with Crippen LogP contribution in [0.4, 0.5) is 0 Å². The fourth-order valence-corrected chi connectivity index (χ4v) is 5.32. The molecule has 0 saturated carbocycles. The zero-order chi connectivity index (χ0) is 26.2. The van der Waals surface area contributed by atoms with Crippen molar-refractivity contribution in [2.24, 2.45) is 0 Å². The van der Waals surface area contributed by atoms with Crippen LogP contribution in [0.5, 0.6) is 0 Å². The third-order valence-corrected chi connectivity index (χ3v) is 7.33. The molecule has 0 atom stereocenters. The van der Waals surface area contributed by atoms with Crippen molar-refractivity contribution < 1.29 is 0 Å². The number of fused-ring (bicyclic) bond motifs is 3. The monoisotopic (exact) mass is 498 g/mol. The highest BCUT2D eigenvalue weighted by Gasteiger charge is 2.14. The van der Waals surface area contributed by atoms with Crippen LogP contribution in [-0.2, 0) is 0 Å². The van der Waals surface area contributed by atoms with Gasteiger partial charge in [0.05, 0.1) is 11.2 Å². The van der Waals surface area contributed by atoms with E-state index in [4.69, 9.17) is 9.97 Å². The summed E-state index contributed by atoms with van der Waals surface area (Å²) in [5.74, 6) is 0.734. The second-order valence-electron chi connectivity index (χ2n) is 9.97. The highest BCUT2D eigenvalue weighted by Crippen LogP contribution is 2.34. The molecule has 0 radical (unpaired) electrons. The van der Waals surface area contributed by atoms with Gasteiger partial charge in [-0.15, -0.1) is 0 Å². The molecule has 7 aromatic rings. The summed E-state index contributed by atoms with van der Waals surface area (Å²) in [4.78, 5) is 10.2. The zero-order valence-corrected chi connectivity index (χ0v) is 21.7. The molecule has 2 heteroatoms. The lowest BCUT2D eigenvalue weighted by Gasteiger charge is -2.12. The van der Waals surface area contributed by atoms with Crippen LogP contribution in [0.25, 0.3) is 66.6 Å². The standard InChI is InChI=1S/C37H26N2/c1-25-9-7-13-30(23-25)32-15-8-14-31(24-32)26-17-19-29(20-18-26)37-38-35(28-11-3-2-4-12-28)34-22-21-27-10-5-6-16-33(27)36(34)39-37/h2-24H,1H3. The lowest BCUT2D eigenvalue weighted by Crippen LogP contribution is -1.96. The Morgan fingerprint density at radius 3 is 1.85 bits per heavy atom. The molecule has 0 saturated heterocycles. The Kier molecular flexibility index (Phi) is 5.71. The molecule has 0 aliphatic carbocycles. The molecular formula is C37H26N2. The Morgan fingerprint density at radius 2 is 1.05 bits per heavy atom. The molecule has 0 bridgehead atoms. The highest BCUT2D eigenvalue weighted by atomic mass is 14.9. The summed E-state index contributed by atoms with van der Waals surface area (Å²) in [5, 5.41) is 3.38. The first-order valence-electron chi connectivity index (χ1n) is 13.3. The quantitative estimate of drug-likeness (QED) is 0.226.